The van der Waals surface area contributed by atoms with Gasteiger partial charge in [-0.25, -0.2) is 9.97 Å². The predicted molar refractivity (Wildman–Crippen MR) is 76.1 cm³/mol. The number of halogens is 2. The third kappa shape index (κ3) is 2.44. The van der Waals surface area contributed by atoms with Crippen LogP contribution in [0.15, 0.2) is 12.3 Å². The predicted octanol–water partition coefficient (Wildman–Crippen LogP) is 3.26. The van der Waals surface area contributed by atoms with Gasteiger partial charge in [-0.1, -0.05) is 25.4 Å². The van der Waals surface area contributed by atoms with E-state index in [1.54, 1.807) is 10.9 Å². The van der Waals surface area contributed by atoms with Crippen molar-refractivity contribution in [2.75, 3.05) is 0 Å². The molecule has 0 N–H and O–H groups in total. The molecule has 2 rings (SSSR count). The first-order chi connectivity index (χ1) is 8.00. The summed E-state index contributed by atoms with van der Waals surface area (Å²) in [5.41, 5.74) is 1.84. The third-order valence-corrected chi connectivity index (χ3v) is 4.09. The molecule has 17 heavy (non-hydrogen) atoms. The molecule has 2 aromatic heterocycles. The Morgan fingerprint density at radius 1 is 1.35 bits per heavy atom. The maximum Gasteiger partial charge on any atom is 0.179 e. The van der Waals surface area contributed by atoms with Gasteiger partial charge < -0.3 is 0 Å². The maximum atomic E-state index is 6.14. The van der Waals surface area contributed by atoms with Crippen molar-refractivity contribution in [1.29, 1.82) is 0 Å². The first-order valence-corrected chi connectivity index (χ1v) is 6.67. The highest BCUT2D eigenvalue weighted by Crippen LogP contribution is 2.27. The summed E-state index contributed by atoms with van der Waals surface area (Å²) in [6.07, 6.45) is 1.72. The van der Waals surface area contributed by atoms with E-state index in [2.05, 4.69) is 51.5 Å². The molecule has 0 aliphatic rings. The second-order valence-electron chi connectivity index (χ2n) is 4.03. The molecule has 0 saturated carbocycles. The minimum atomic E-state index is 0.314. The van der Waals surface area contributed by atoms with Gasteiger partial charge in [-0.3, -0.25) is 4.68 Å². The summed E-state index contributed by atoms with van der Waals surface area (Å²) in [7, 11) is 1.86. The first-order valence-electron chi connectivity index (χ1n) is 5.22. The van der Waals surface area contributed by atoms with Gasteiger partial charge in [0.1, 0.15) is 10.8 Å². The van der Waals surface area contributed by atoms with Gasteiger partial charge in [0, 0.05) is 13.2 Å². The summed E-state index contributed by atoms with van der Waals surface area (Å²) in [5.74, 6) is 0.938. The van der Waals surface area contributed by atoms with Crippen molar-refractivity contribution in [3.63, 3.8) is 0 Å². The molecule has 4 nitrogen and oxygen atoms in total. The van der Waals surface area contributed by atoms with Crippen LogP contribution in [0.3, 0.4) is 0 Å². The van der Waals surface area contributed by atoms with Crippen LogP contribution in [0.2, 0.25) is 5.15 Å². The smallest absolute Gasteiger partial charge is 0.179 e. The summed E-state index contributed by atoms with van der Waals surface area (Å²) in [6, 6.07) is 1.88. The number of hydrogen-bond acceptors (Lipinski definition) is 3. The SMILES string of the molecule is CC(C)c1nc(-c2ccnn2C)nc(Cl)c1I. The van der Waals surface area contributed by atoms with Crippen molar-refractivity contribution < 1.29 is 0 Å². The van der Waals surface area contributed by atoms with Gasteiger partial charge in [0.05, 0.1) is 9.26 Å². The Bertz CT molecular complexity index is 550. The zero-order valence-corrected chi connectivity index (χ0v) is 12.7. The lowest BCUT2D eigenvalue weighted by atomic mass is 10.1. The quantitative estimate of drug-likeness (QED) is 0.608. The second-order valence-corrected chi connectivity index (χ2v) is 5.47. The highest BCUT2D eigenvalue weighted by Gasteiger charge is 2.15. The summed E-state index contributed by atoms with van der Waals surface area (Å²) in [5, 5.41) is 4.61. The Kier molecular flexibility index (Phi) is 3.67. The van der Waals surface area contributed by atoms with E-state index in [0.29, 0.717) is 16.9 Å². The van der Waals surface area contributed by atoms with Gasteiger partial charge in [0.2, 0.25) is 0 Å². The molecule has 0 aromatic carbocycles. The monoisotopic (exact) mass is 362 g/mol. The molecule has 0 unspecified atom stereocenters. The van der Waals surface area contributed by atoms with Gasteiger partial charge in [0.15, 0.2) is 5.82 Å². The van der Waals surface area contributed by atoms with E-state index in [4.69, 9.17) is 11.6 Å². The van der Waals surface area contributed by atoms with E-state index in [9.17, 15) is 0 Å². The van der Waals surface area contributed by atoms with Crippen molar-refractivity contribution in [2.24, 2.45) is 7.05 Å². The number of nitrogens with zero attached hydrogens (tertiary/aromatic N) is 4. The Balaban J connectivity index is 2.61. The third-order valence-electron chi connectivity index (χ3n) is 2.43. The van der Waals surface area contributed by atoms with Crippen LogP contribution in [0.5, 0.6) is 0 Å². The van der Waals surface area contributed by atoms with E-state index >= 15 is 0 Å². The summed E-state index contributed by atoms with van der Waals surface area (Å²) in [6.45, 7) is 4.18. The standard InChI is InChI=1S/C11H12ClIN4/c1-6(2)9-8(13)10(12)16-11(15-9)7-4-5-14-17(7)3/h4-6H,1-3H3. The van der Waals surface area contributed by atoms with Gasteiger partial charge in [-0.05, 0) is 34.6 Å². The van der Waals surface area contributed by atoms with E-state index in [-0.39, 0.29) is 0 Å². The van der Waals surface area contributed by atoms with Crippen molar-refractivity contribution in [3.8, 4) is 11.5 Å². The van der Waals surface area contributed by atoms with E-state index in [1.807, 2.05) is 13.1 Å². The van der Waals surface area contributed by atoms with Crippen LogP contribution in [0.25, 0.3) is 11.5 Å². The Labute approximate surface area is 119 Å². The molecule has 0 amide bonds. The number of aryl methyl sites for hydroxylation is 1. The average molecular weight is 363 g/mol. The van der Waals surface area contributed by atoms with Crippen LogP contribution in [0.1, 0.15) is 25.5 Å². The molecular formula is C11H12ClIN4. The molecule has 0 aliphatic carbocycles. The van der Waals surface area contributed by atoms with Gasteiger partial charge in [-0.2, -0.15) is 5.10 Å². The number of rotatable bonds is 2. The highest BCUT2D eigenvalue weighted by atomic mass is 127. The molecule has 0 radical (unpaired) electrons. The van der Waals surface area contributed by atoms with E-state index in [0.717, 1.165) is 15.0 Å². The largest absolute Gasteiger partial charge is 0.265 e. The molecule has 0 bridgehead atoms. The van der Waals surface area contributed by atoms with Crippen LogP contribution in [-0.4, -0.2) is 19.7 Å². The maximum absolute atomic E-state index is 6.14. The first kappa shape index (κ1) is 12.8. The van der Waals surface area contributed by atoms with Crippen LogP contribution in [0.4, 0.5) is 0 Å². The lowest BCUT2D eigenvalue weighted by molar-refractivity contribution is 0.761. The number of aromatic nitrogens is 4. The second kappa shape index (κ2) is 4.89. The molecule has 6 heteroatoms. The zero-order chi connectivity index (χ0) is 12.6. The van der Waals surface area contributed by atoms with Crippen molar-refractivity contribution >= 4 is 34.2 Å². The van der Waals surface area contributed by atoms with Crippen LogP contribution < -0.4 is 0 Å². The van der Waals surface area contributed by atoms with Gasteiger partial charge >= 0.3 is 0 Å². The normalized spacial score (nSPS) is 11.2. The molecule has 2 heterocycles. The minimum absolute atomic E-state index is 0.314. The molecule has 2 aromatic rings. The summed E-state index contributed by atoms with van der Waals surface area (Å²) in [4.78, 5) is 8.88. The van der Waals surface area contributed by atoms with E-state index in [1.165, 1.54) is 0 Å². The molecule has 90 valence electrons. The zero-order valence-electron chi connectivity index (χ0n) is 9.78. The fraction of sp³-hybridized carbons (Fsp3) is 0.364. The van der Waals surface area contributed by atoms with Gasteiger partial charge in [-0.15, -0.1) is 0 Å². The Hall–Kier alpha value is -0.690. The minimum Gasteiger partial charge on any atom is -0.265 e. The fourth-order valence-corrected chi connectivity index (χ4v) is 2.57. The molecule has 0 spiro atoms. The van der Waals surface area contributed by atoms with E-state index < -0.39 is 0 Å². The molecule has 0 atom stereocenters. The van der Waals surface area contributed by atoms with Crippen molar-refractivity contribution in [3.05, 3.63) is 26.7 Å². The summed E-state index contributed by atoms with van der Waals surface area (Å²) >= 11 is 8.33. The molecular weight excluding hydrogens is 351 g/mol. The van der Waals surface area contributed by atoms with Crippen LogP contribution >= 0.6 is 34.2 Å². The van der Waals surface area contributed by atoms with Crippen molar-refractivity contribution in [1.82, 2.24) is 19.7 Å². The Morgan fingerprint density at radius 3 is 2.59 bits per heavy atom. The van der Waals surface area contributed by atoms with Crippen LogP contribution in [0, 0.1) is 3.57 Å². The molecule has 0 saturated heterocycles. The molecule has 0 aliphatic heterocycles. The Morgan fingerprint density at radius 2 is 2.06 bits per heavy atom. The average Bonchev–Trinajstić information content (AvgIpc) is 2.68. The molecule has 0 fully saturated rings. The highest BCUT2D eigenvalue weighted by molar-refractivity contribution is 14.1. The summed E-state index contributed by atoms with van der Waals surface area (Å²) < 4.78 is 2.66. The van der Waals surface area contributed by atoms with Gasteiger partial charge in [0.25, 0.3) is 0 Å². The topological polar surface area (TPSA) is 43.6 Å². The fourth-order valence-electron chi connectivity index (χ4n) is 1.53. The van der Waals surface area contributed by atoms with Crippen molar-refractivity contribution in [2.45, 2.75) is 19.8 Å². The number of hydrogen-bond donors (Lipinski definition) is 0. The lowest BCUT2D eigenvalue weighted by Gasteiger charge is -2.10. The lowest BCUT2D eigenvalue weighted by Crippen LogP contribution is -2.04. The van der Waals surface area contributed by atoms with Crippen LogP contribution in [-0.2, 0) is 7.05 Å².